The van der Waals surface area contributed by atoms with Crippen molar-refractivity contribution in [2.24, 2.45) is 0 Å². The molecular formula is C24H23N5O. The van der Waals surface area contributed by atoms with Crippen LogP contribution in [0.4, 0.5) is 17.2 Å². The third kappa shape index (κ3) is 4.41. The molecule has 3 N–H and O–H groups in total. The molecule has 1 heterocycles. The van der Waals surface area contributed by atoms with E-state index in [1.54, 1.807) is 18.3 Å². The summed E-state index contributed by atoms with van der Waals surface area (Å²) in [7, 11) is 0. The molecule has 1 aliphatic rings. The summed E-state index contributed by atoms with van der Waals surface area (Å²) >= 11 is 0. The van der Waals surface area contributed by atoms with E-state index in [1.807, 2.05) is 54.6 Å². The molecule has 1 saturated carbocycles. The van der Waals surface area contributed by atoms with Crippen molar-refractivity contribution < 1.29 is 4.79 Å². The number of pyridine rings is 1. The van der Waals surface area contributed by atoms with Crippen molar-refractivity contribution in [1.29, 1.82) is 5.26 Å². The van der Waals surface area contributed by atoms with Gasteiger partial charge in [-0.25, -0.2) is 4.98 Å². The standard InChI is InChI=1S/C24H23N5O/c25-17-18-6-8-21(9-7-18)29-22-16-19(10-13-27-22)24(11-12-24)23(30)28-15-14-26-20-4-2-1-3-5-20/h1-10,13,16,26H,11-12,14-15H2,(H,27,29)(H,28,30). The number of aromatic nitrogens is 1. The van der Waals surface area contributed by atoms with Gasteiger partial charge in [0.05, 0.1) is 17.0 Å². The SMILES string of the molecule is N#Cc1ccc(Nc2cc(C3(C(=O)NCCNc4ccccc4)CC3)ccn2)cc1. The van der Waals surface area contributed by atoms with Gasteiger partial charge in [0.2, 0.25) is 5.91 Å². The third-order valence-electron chi connectivity index (χ3n) is 5.30. The molecular weight excluding hydrogens is 374 g/mol. The van der Waals surface area contributed by atoms with Crippen molar-refractivity contribution in [3.63, 3.8) is 0 Å². The zero-order valence-electron chi connectivity index (χ0n) is 16.6. The molecule has 1 aromatic heterocycles. The van der Waals surface area contributed by atoms with Crippen molar-refractivity contribution in [2.45, 2.75) is 18.3 Å². The van der Waals surface area contributed by atoms with Crippen LogP contribution >= 0.6 is 0 Å². The van der Waals surface area contributed by atoms with Crippen LogP contribution in [0.1, 0.15) is 24.0 Å². The second kappa shape index (κ2) is 8.66. The average Bonchev–Trinajstić information content (AvgIpc) is 3.60. The van der Waals surface area contributed by atoms with Crippen LogP contribution in [-0.4, -0.2) is 24.0 Å². The lowest BCUT2D eigenvalue weighted by atomic mass is 9.96. The van der Waals surface area contributed by atoms with Gasteiger partial charge in [0, 0.05) is 30.7 Å². The van der Waals surface area contributed by atoms with E-state index in [1.165, 1.54) is 0 Å². The third-order valence-corrected chi connectivity index (χ3v) is 5.30. The van der Waals surface area contributed by atoms with Gasteiger partial charge in [-0.15, -0.1) is 0 Å². The van der Waals surface area contributed by atoms with Gasteiger partial charge in [-0.05, 0) is 66.9 Å². The number of hydrogen-bond donors (Lipinski definition) is 3. The number of anilines is 3. The van der Waals surface area contributed by atoms with E-state index in [0.717, 1.165) is 29.8 Å². The Morgan fingerprint density at radius 1 is 1.00 bits per heavy atom. The van der Waals surface area contributed by atoms with Crippen LogP contribution < -0.4 is 16.0 Å². The number of nitrogens with one attached hydrogen (secondary N) is 3. The van der Waals surface area contributed by atoms with Gasteiger partial charge < -0.3 is 16.0 Å². The van der Waals surface area contributed by atoms with E-state index in [2.05, 4.69) is 27.0 Å². The van der Waals surface area contributed by atoms with Crippen molar-refractivity contribution >= 4 is 23.1 Å². The molecule has 150 valence electrons. The monoisotopic (exact) mass is 397 g/mol. The fourth-order valence-electron chi connectivity index (χ4n) is 3.45. The van der Waals surface area contributed by atoms with Gasteiger partial charge in [0.15, 0.2) is 0 Å². The van der Waals surface area contributed by atoms with Gasteiger partial charge in [0.25, 0.3) is 0 Å². The molecule has 30 heavy (non-hydrogen) atoms. The molecule has 1 amide bonds. The lowest BCUT2D eigenvalue weighted by Crippen LogP contribution is -2.37. The quantitative estimate of drug-likeness (QED) is 0.501. The molecule has 1 fully saturated rings. The largest absolute Gasteiger partial charge is 0.383 e. The summed E-state index contributed by atoms with van der Waals surface area (Å²) in [6.45, 7) is 1.24. The fourth-order valence-corrected chi connectivity index (χ4v) is 3.45. The minimum Gasteiger partial charge on any atom is -0.383 e. The molecule has 6 heteroatoms. The van der Waals surface area contributed by atoms with Crippen LogP contribution in [0.2, 0.25) is 0 Å². The van der Waals surface area contributed by atoms with Gasteiger partial charge >= 0.3 is 0 Å². The second-order valence-electron chi connectivity index (χ2n) is 7.37. The van der Waals surface area contributed by atoms with Crippen molar-refractivity contribution in [2.75, 3.05) is 23.7 Å². The highest BCUT2D eigenvalue weighted by molar-refractivity contribution is 5.91. The first kappa shape index (κ1) is 19.5. The van der Waals surface area contributed by atoms with E-state index in [-0.39, 0.29) is 5.91 Å². The highest BCUT2D eigenvalue weighted by atomic mass is 16.2. The van der Waals surface area contributed by atoms with E-state index < -0.39 is 5.41 Å². The summed E-state index contributed by atoms with van der Waals surface area (Å²) in [5.74, 6) is 0.745. The average molecular weight is 397 g/mol. The first-order valence-corrected chi connectivity index (χ1v) is 10.0. The van der Waals surface area contributed by atoms with E-state index in [4.69, 9.17) is 5.26 Å². The maximum absolute atomic E-state index is 12.9. The van der Waals surface area contributed by atoms with E-state index >= 15 is 0 Å². The Hall–Kier alpha value is -3.85. The van der Waals surface area contributed by atoms with Crippen LogP contribution in [0.15, 0.2) is 72.9 Å². The molecule has 4 rings (SSSR count). The number of nitriles is 1. The Morgan fingerprint density at radius 2 is 1.77 bits per heavy atom. The number of carbonyl (C=O) groups is 1. The Balaban J connectivity index is 1.36. The molecule has 0 saturated heterocycles. The summed E-state index contributed by atoms with van der Waals surface area (Å²) in [6.07, 6.45) is 3.40. The maximum Gasteiger partial charge on any atom is 0.230 e. The first-order valence-electron chi connectivity index (χ1n) is 10.0. The van der Waals surface area contributed by atoms with Gasteiger partial charge in [-0.1, -0.05) is 18.2 Å². The van der Waals surface area contributed by atoms with Crippen LogP contribution in [0.5, 0.6) is 0 Å². The highest BCUT2D eigenvalue weighted by Gasteiger charge is 2.51. The Labute approximate surface area is 176 Å². The Morgan fingerprint density at radius 3 is 2.47 bits per heavy atom. The smallest absolute Gasteiger partial charge is 0.230 e. The van der Waals surface area contributed by atoms with Crippen LogP contribution in [0, 0.1) is 11.3 Å². The Kier molecular flexibility index (Phi) is 5.62. The number of carbonyl (C=O) groups excluding carboxylic acids is 1. The zero-order valence-corrected chi connectivity index (χ0v) is 16.6. The van der Waals surface area contributed by atoms with Crippen LogP contribution in [-0.2, 0) is 10.2 Å². The van der Waals surface area contributed by atoms with Crippen molar-refractivity contribution in [3.8, 4) is 6.07 Å². The lowest BCUT2D eigenvalue weighted by molar-refractivity contribution is -0.123. The number of para-hydroxylation sites is 1. The number of amides is 1. The molecule has 0 unspecified atom stereocenters. The lowest BCUT2D eigenvalue weighted by Gasteiger charge is -2.17. The highest BCUT2D eigenvalue weighted by Crippen LogP contribution is 2.48. The van der Waals surface area contributed by atoms with E-state index in [9.17, 15) is 4.79 Å². The maximum atomic E-state index is 12.9. The topological polar surface area (TPSA) is 89.8 Å². The van der Waals surface area contributed by atoms with Crippen molar-refractivity contribution in [3.05, 3.63) is 84.1 Å². The molecule has 0 radical (unpaired) electrons. The van der Waals surface area contributed by atoms with Crippen molar-refractivity contribution in [1.82, 2.24) is 10.3 Å². The molecule has 1 aliphatic carbocycles. The van der Waals surface area contributed by atoms with Crippen LogP contribution in [0.25, 0.3) is 0 Å². The molecule has 0 aliphatic heterocycles. The number of nitrogens with zero attached hydrogens (tertiary/aromatic N) is 2. The molecule has 0 atom stereocenters. The minimum atomic E-state index is -0.462. The fraction of sp³-hybridized carbons (Fsp3) is 0.208. The Bertz CT molecular complexity index is 1050. The predicted octanol–water partition coefficient (Wildman–Crippen LogP) is 3.96. The first-order chi connectivity index (χ1) is 14.7. The minimum absolute atomic E-state index is 0.0629. The zero-order chi connectivity index (χ0) is 20.8. The number of hydrogen-bond acceptors (Lipinski definition) is 5. The molecule has 3 aromatic rings. The van der Waals surface area contributed by atoms with Gasteiger partial charge in [-0.2, -0.15) is 5.26 Å². The summed E-state index contributed by atoms with van der Waals surface area (Å²) < 4.78 is 0. The summed E-state index contributed by atoms with van der Waals surface area (Å²) in [4.78, 5) is 17.2. The molecule has 0 bridgehead atoms. The number of benzene rings is 2. The summed E-state index contributed by atoms with van der Waals surface area (Å²) in [5, 5.41) is 18.5. The summed E-state index contributed by atoms with van der Waals surface area (Å²) in [5.41, 5.74) is 3.01. The van der Waals surface area contributed by atoms with E-state index in [0.29, 0.717) is 24.5 Å². The van der Waals surface area contributed by atoms with Gasteiger partial charge in [0.1, 0.15) is 5.82 Å². The second-order valence-corrected chi connectivity index (χ2v) is 7.37. The molecule has 0 spiro atoms. The van der Waals surface area contributed by atoms with Crippen LogP contribution in [0.3, 0.4) is 0 Å². The summed E-state index contributed by atoms with van der Waals surface area (Å²) in [6, 6.07) is 23.1. The van der Waals surface area contributed by atoms with Gasteiger partial charge in [-0.3, -0.25) is 4.79 Å². The molecule has 2 aromatic carbocycles. The normalized spacial score (nSPS) is 13.7. The number of rotatable bonds is 8. The molecule has 6 nitrogen and oxygen atoms in total. The predicted molar refractivity (Wildman–Crippen MR) is 118 cm³/mol.